The maximum atomic E-state index is 5.47. The van der Waals surface area contributed by atoms with Crippen LogP contribution in [0.25, 0.3) is 0 Å². The maximum absolute atomic E-state index is 5.47. The van der Waals surface area contributed by atoms with Crippen molar-refractivity contribution >= 4 is 0 Å². The fourth-order valence-corrected chi connectivity index (χ4v) is 2.35. The molecule has 2 aromatic heterocycles. The van der Waals surface area contributed by atoms with E-state index in [1.165, 1.54) is 0 Å². The first kappa shape index (κ1) is 14.6. The predicted octanol–water partition coefficient (Wildman–Crippen LogP) is 1.73. The van der Waals surface area contributed by atoms with Gasteiger partial charge in [0.05, 0.1) is 25.0 Å². The van der Waals surface area contributed by atoms with Gasteiger partial charge in [-0.2, -0.15) is 10.2 Å². The van der Waals surface area contributed by atoms with Gasteiger partial charge in [0.15, 0.2) is 5.75 Å². The van der Waals surface area contributed by atoms with E-state index in [1.807, 2.05) is 28.7 Å². The molecule has 6 heteroatoms. The fourth-order valence-electron chi connectivity index (χ4n) is 2.35. The molecule has 2 heterocycles. The van der Waals surface area contributed by atoms with Gasteiger partial charge in [-0.05, 0) is 19.0 Å². The number of aromatic nitrogens is 4. The Balaban J connectivity index is 2.44. The topological polar surface area (TPSA) is 56.9 Å². The molecular weight excluding hydrogens is 254 g/mol. The number of aryl methyl sites for hydroxylation is 2. The average molecular weight is 277 g/mol. The van der Waals surface area contributed by atoms with Crippen LogP contribution in [0.2, 0.25) is 0 Å². The molecule has 0 amide bonds. The van der Waals surface area contributed by atoms with Gasteiger partial charge in [-0.3, -0.25) is 9.36 Å². The molecule has 1 atom stereocenters. The molecule has 2 rings (SSSR count). The predicted molar refractivity (Wildman–Crippen MR) is 77.8 cm³/mol. The SMILES string of the molecule is CCCn1ncc(OC)c1C(NCC)c1ccn(C)n1. The van der Waals surface area contributed by atoms with Crippen molar-refractivity contribution in [2.45, 2.75) is 32.9 Å². The Bertz CT molecular complexity index is 546. The minimum atomic E-state index is -0.00907. The van der Waals surface area contributed by atoms with Crippen molar-refractivity contribution in [1.82, 2.24) is 24.9 Å². The summed E-state index contributed by atoms with van der Waals surface area (Å²) >= 11 is 0. The largest absolute Gasteiger partial charge is 0.493 e. The molecule has 1 unspecified atom stereocenters. The summed E-state index contributed by atoms with van der Waals surface area (Å²) in [5.41, 5.74) is 2.01. The van der Waals surface area contributed by atoms with Gasteiger partial charge in [-0.15, -0.1) is 0 Å². The lowest BCUT2D eigenvalue weighted by molar-refractivity contribution is 0.397. The van der Waals surface area contributed by atoms with Crippen LogP contribution >= 0.6 is 0 Å². The van der Waals surface area contributed by atoms with E-state index < -0.39 is 0 Å². The van der Waals surface area contributed by atoms with Crippen LogP contribution in [0.1, 0.15) is 37.7 Å². The van der Waals surface area contributed by atoms with E-state index in [-0.39, 0.29) is 6.04 Å². The second-order valence-electron chi connectivity index (χ2n) is 4.73. The lowest BCUT2D eigenvalue weighted by Gasteiger charge is -2.19. The number of hydrogen-bond acceptors (Lipinski definition) is 4. The van der Waals surface area contributed by atoms with E-state index in [0.29, 0.717) is 0 Å². The molecule has 0 aliphatic heterocycles. The molecule has 0 radical (unpaired) electrons. The molecule has 20 heavy (non-hydrogen) atoms. The molecule has 0 fully saturated rings. The molecule has 0 aromatic carbocycles. The highest BCUT2D eigenvalue weighted by Crippen LogP contribution is 2.29. The summed E-state index contributed by atoms with van der Waals surface area (Å²) in [6.07, 6.45) is 4.75. The van der Waals surface area contributed by atoms with Crippen LogP contribution < -0.4 is 10.1 Å². The Morgan fingerprint density at radius 3 is 2.75 bits per heavy atom. The highest BCUT2D eigenvalue weighted by Gasteiger charge is 2.24. The molecule has 6 nitrogen and oxygen atoms in total. The Morgan fingerprint density at radius 2 is 2.20 bits per heavy atom. The molecule has 0 bridgehead atoms. The van der Waals surface area contributed by atoms with Crippen molar-refractivity contribution < 1.29 is 4.74 Å². The maximum Gasteiger partial charge on any atom is 0.161 e. The van der Waals surface area contributed by atoms with E-state index in [2.05, 4.69) is 29.4 Å². The third kappa shape index (κ3) is 2.85. The van der Waals surface area contributed by atoms with Gasteiger partial charge in [-0.25, -0.2) is 0 Å². The summed E-state index contributed by atoms with van der Waals surface area (Å²) in [4.78, 5) is 0. The van der Waals surface area contributed by atoms with E-state index in [0.717, 1.165) is 36.6 Å². The molecular formula is C14H23N5O. The normalized spacial score (nSPS) is 12.6. The van der Waals surface area contributed by atoms with Gasteiger partial charge in [0, 0.05) is 19.8 Å². The second-order valence-corrected chi connectivity index (χ2v) is 4.73. The third-order valence-electron chi connectivity index (χ3n) is 3.21. The van der Waals surface area contributed by atoms with Crippen LogP contribution in [0.5, 0.6) is 5.75 Å². The quantitative estimate of drug-likeness (QED) is 0.837. The van der Waals surface area contributed by atoms with Crippen molar-refractivity contribution in [3.8, 4) is 5.75 Å². The minimum absolute atomic E-state index is 0.00907. The molecule has 0 saturated carbocycles. The molecule has 1 N–H and O–H groups in total. The van der Waals surface area contributed by atoms with E-state index in [1.54, 1.807) is 13.3 Å². The molecule has 110 valence electrons. The van der Waals surface area contributed by atoms with E-state index >= 15 is 0 Å². The summed E-state index contributed by atoms with van der Waals surface area (Å²) in [7, 11) is 3.60. The van der Waals surface area contributed by atoms with Crippen LogP contribution in [0, 0.1) is 0 Å². The Kier molecular flexibility index (Phi) is 4.79. The molecule has 0 saturated heterocycles. The number of ether oxygens (including phenoxy) is 1. The lowest BCUT2D eigenvalue weighted by atomic mass is 10.1. The number of nitrogens with zero attached hydrogens (tertiary/aromatic N) is 4. The van der Waals surface area contributed by atoms with Gasteiger partial charge in [0.2, 0.25) is 0 Å². The van der Waals surface area contributed by atoms with Crippen molar-refractivity contribution in [2.24, 2.45) is 7.05 Å². The van der Waals surface area contributed by atoms with Crippen molar-refractivity contribution in [3.05, 3.63) is 29.8 Å². The Labute approximate surface area is 119 Å². The van der Waals surface area contributed by atoms with Crippen molar-refractivity contribution in [1.29, 1.82) is 0 Å². The van der Waals surface area contributed by atoms with Crippen LogP contribution in [-0.2, 0) is 13.6 Å². The second kappa shape index (κ2) is 6.56. The average Bonchev–Trinajstić information content (AvgIpc) is 3.03. The number of rotatable bonds is 7. The van der Waals surface area contributed by atoms with Crippen LogP contribution in [0.15, 0.2) is 18.5 Å². The zero-order valence-corrected chi connectivity index (χ0v) is 12.6. The molecule has 2 aromatic rings. The summed E-state index contributed by atoms with van der Waals surface area (Å²) in [5, 5.41) is 12.4. The first-order valence-corrected chi connectivity index (χ1v) is 7.03. The standard InChI is InChI=1S/C14H23N5O/c1-5-8-19-14(12(20-4)10-16-19)13(15-6-2)11-7-9-18(3)17-11/h7,9-10,13,15H,5-6,8H2,1-4H3. The van der Waals surface area contributed by atoms with Gasteiger partial charge >= 0.3 is 0 Å². The fraction of sp³-hybridized carbons (Fsp3) is 0.571. The van der Waals surface area contributed by atoms with E-state index in [4.69, 9.17) is 4.74 Å². The van der Waals surface area contributed by atoms with Crippen LogP contribution in [-0.4, -0.2) is 33.2 Å². The van der Waals surface area contributed by atoms with E-state index in [9.17, 15) is 0 Å². The third-order valence-corrected chi connectivity index (χ3v) is 3.21. The highest BCUT2D eigenvalue weighted by molar-refractivity contribution is 5.33. The zero-order valence-electron chi connectivity index (χ0n) is 12.6. The number of nitrogens with one attached hydrogen (secondary N) is 1. The first-order valence-electron chi connectivity index (χ1n) is 7.03. The van der Waals surface area contributed by atoms with Crippen LogP contribution in [0.3, 0.4) is 0 Å². The van der Waals surface area contributed by atoms with Gasteiger partial charge in [0.25, 0.3) is 0 Å². The number of hydrogen-bond donors (Lipinski definition) is 1. The Morgan fingerprint density at radius 1 is 1.40 bits per heavy atom. The van der Waals surface area contributed by atoms with Crippen molar-refractivity contribution in [2.75, 3.05) is 13.7 Å². The van der Waals surface area contributed by atoms with Gasteiger partial charge in [-0.1, -0.05) is 13.8 Å². The Hall–Kier alpha value is -1.82. The van der Waals surface area contributed by atoms with Crippen LogP contribution in [0.4, 0.5) is 0 Å². The smallest absolute Gasteiger partial charge is 0.161 e. The lowest BCUT2D eigenvalue weighted by Crippen LogP contribution is -2.26. The summed E-state index contributed by atoms with van der Waals surface area (Å²) in [5.74, 6) is 0.801. The summed E-state index contributed by atoms with van der Waals surface area (Å²) in [6, 6.07) is 2.01. The minimum Gasteiger partial charge on any atom is -0.493 e. The van der Waals surface area contributed by atoms with Gasteiger partial charge < -0.3 is 10.1 Å². The highest BCUT2D eigenvalue weighted by atomic mass is 16.5. The number of methoxy groups -OCH3 is 1. The van der Waals surface area contributed by atoms with Gasteiger partial charge in [0.1, 0.15) is 5.69 Å². The van der Waals surface area contributed by atoms with Crippen molar-refractivity contribution in [3.63, 3.8) is 0 Å². The molecule has 0 aliphatic rings. The molecule has 0 spiro atoms. The molecule has 0 aliphatic carbocycles. The first-order chi connectivity index (χ1) is 9.71. The summed E-state index contributed by atoms with van der Waals surface area (Å²) < 4.78 is 9.28. The monoisotopic (exact) mass is 277 g/mol. The zero-order chi connectivity index (χ0) is 14.5. The summed E-state index contributed by atoms with van der Waals surface area (Å²) in [6.45, 7) is 5.94.